The first-order chi connectivity index (χ1) is 6.06. The highest BCUT2D eigenvalue weighted by atomic mass is 32.2. The Morgan fingerprint density at radius 2 is 2.15 bits per heavy atom. The Kier molecular flexibility index (Phi) is 2.63. The first-order valence-corrected chi connectivity index (χ1v) is 5.07. The molecule has 0 aliphatic rings. The molecule has 3 nitrogen and oxygen atoms in total. The number of hydrogen-bond donors (Lipinski definition) is 0. The molecule has 1 rings (SSSR count). The van der Waals surface area contributed by atoms with Gasteiger partial charge < -0.3 is 0 Å². The third-order valence-electron chi connectivity index (χ3n) is 1.41. The summed E-state index contributed by atoms with van der Waals surface area (Å²) >= 11 is 0. The van der Waals surface area contributed by atoms with Crippen LogP contribution in [-0.2, 0) is 9.84 Å². The van der Waals surface area contributed by atoms with Crippen LogP contribution in [0.5, 0.6) is 0 Å². The van der Waals surface area contributed by atoms with E-state index in [2.05, 4.69) is 0 Å². The third-order valence-corrected chi connectivity index (χ3v) is 2.89. The summed E-state index contributed by atoms with van der Waals surface area (Å²) in [5, 5.41) is 8.21. The quantitative estimate of drug-likeness (QED) is 0.717. The van der Waals surface area contributed by atoms with Gasteiger partial charge in [0, 0.05) is 0 Å². The Bertz CT molecular complexity index is 447. The monoisotopic (exact) mass is 199 g/mol. The van der Waals surface area contributed by atoms with Crippen molar-refractivity contribution in [3.63, 3.8) is 0 Å². The Labute approximate surface area is 75.3 Å². The van der Waals surface area contributed by atoms with Gasteiger partial charge in [0.25, 0.3) is 0 Å². The lowest BCUT2D eigenvalue weighted by Crippen LogP contribution is -2.04. The first kappa shape index (κ1) is 9.68. The molecule has 1 aromatic carbocycles. The number of nitrogens with zero attached hydrogens (tertiary/aromatic N) is 1. The first-order valence-electron chi connectivity index (χ1n) is 3.41. The topological polar surface area (TPSA) is 57.9 Å². The van der Waals surface area contributed by atoms with Gasteiger partial charge in [-0.25, -0.2) is 12.8 Å². The largest absolute Gasteiger partial charge is 0.223 e. The maximum atomic E-state index is 12.6. The summed E-state index contributed by atoms with van der Waals surface area (Å²) in [6.45, 7) is 0. The molecule has 0 unspecified atom stereocenters. The van der Waals surface area contributed by atoms with Crippen molar-refractivity contribution < 1.29 is 12.8 Å². The number of halogens is 1. The Morgan fingerprint density at radius 1 is 1.46 bits per heavy atom. The van der Waals surface area contributed by atoms with E-state index in [-0.39, 0.29) is 4.90 Å². The maximum absolute atomic E-state index is 12.6. The van der Waals surface area contributed by atoms with Crippen LogP contribution in [0.4, 0.5) is 4.39 Å². The zero-order valence-corrected chi connectivity index (χ0v) is 7.38. The van der Waals surface area contributed by atoms with Gasteiger partial charge in [-0.15, -0.1) is 0 Å². The highest BCUT2D eigenvalue weighted by molar-refractivity contribution is 7.91. The molecule has 0 N–H and O–H groups in total. The highest BCUT2D eigenvalue weighted by Gasteiger charge is 2.13. The van der Waals surface area contributed by atoms with Crippen molar-refractivity contribution in [2.75, 3.05) is 5.75 Å². The van der Waals surface area contributed by atoms with Crippen molar-refractivity contribution in [1.82, 2.24) is 0 Å². The van der Waals surface area contributed by atoms with Gasteiger partial charge in [-0.2, -0.15) is 5.26 Å². The van der Waals surface area contributed by atoms with Gasteiger partial charge in [-0.05, 0) is 18.2 Å². The van der Waals surface area contributed by atoms with Gasteiger partial charge >= 0.3 is 0 Å². The van der Waals surface area contributed by atoms with Crippen LogP contribution in [0.15, 0.2) is 29.2 Å². The molecule has 13 heavy (non-hydrogen) atoms. The van der Waals surface area contributed by atoms with Crippen LogP contribution in [0.2, 0.25) is 0 Å². The van der Waals surface area contributed by atoms with Crippen LogP contribution in [0.3, 0.4) is 0 Å². The van der Waals surface area contributed by atoms with E-state index in [1.165, 1.54) is 18.2 Å². The van der Waals surface area contributed by atoms with Gasteiger partial charge in [-0.3, -0.25) is 0 Å². The smallest absolute Gasteiger partial charge is 0.191 e. The summed E-state index contributed by atoms with van der Waals surface area (Å²) < 4.78 is 35.0. The molecule has 0 amide bonds. The van der Waals surface area contributed by atoms with E-state index in [1.807, 2.05) is 0 Å². The molecule has 0 bridgehead atoms. The van der Waals surface area contributed by atoms with Gasteiger partial charge in [0.2, 0.25) is 0 Å². The minimum absolute atomic E-state index is 0.158. The molecule has 0 saturated heterocycles. The Balaban J connectivity index is 3.17. The fourth-order valence-electron chi connectivity index (χ4n) is 0.829. The molecule has 1 aromatic rings. The number of hydrogen-bond acceptors (Lipinski definition) is 3. The molecule has 0 aliphatic heterocycles. The van der Waals surface area contributed by atoms with Crippen molar-refractivity contribution in [3.05, 3.63) is 30.1 Å². The zero-order valence-electron chi connectivity index (χ0n) is 6.57. The maximum Gasteiger partial charge on any atom is 0.191 e. The Morgan fingerprint density at radius 3 is 2.69 bits per heavy atom. The lowest BCUT2D eigenvalue weighted by atomic mass is 10.4. The van der Waals surface area contributed by atoms with E-state index in [0.717, 1.165) is 12.1 Å². The highest BCUT2D eigenvalue weighted by Crippen LogP contribution is 2.11. The second kappa shape index (κ2) is 3.54. The lowest BCUT2D eigenvalue weighted by Gasteiger charge is -1.98. The van der Waals surface area contributed by atoms with Gasteiger partial charge in [-0.1, -0.05) is 6.07 Å². The summed E-state index contributed by atoms with van der Waals surface area (Å²) in [5.41, 5.74) is 0. The fraction of sp³-hybridized carbons (Fsp3) is 0.125. The Hall–Kier alpha value is -1.41. The number of benzene rings is 1. The minimum Gasteiger partial charge on any atom is -0.223 e. The van der Waals surface area contributed by atoms with E-state index in [1.54, 1.807) is 0 Å². The second-order valence-electron chi connectivity index (χ2n) is 2.37. The average molecular weight is 199 g/mol. The van der Waals surface area contributed by atoms with E-state index in [0.29, 0.717) is 0 Å². The summed E-state index contributed by atoms with van der Waals surface area (Å²) in [4.78, 5) is -0.158. The second-order valence-corrected chi connectivity index (χ2v) is 4.36. The van der Waals surface area contributed by atoms with E-state index >= 15 is 0 Å². The number of rotatable bonds is 2. The molecule has 0 heterocycles. The average Bonchev–Trinajstić information content (AvgIpc) is 2.04. The van der Waals surface area contributed by atoms with Crippen LogP contribution < -0.4 is 0 Å². The molecule has 0 radical (unpaired) electrons. The number of sulfone groups is 1. The van der Waals surface area contributed by atoms with Crippen molar-refractivity contribution in [1.29, 1.82) is 5.26 Å². The van der Waals surface area contributed by atoms with Crippen molar-refractivity contribution >= 4 is 9.84 Å². The van der Waals surface area contributed by atoms with Crippen molar-refractivity contribution in [2.24, 2.45) is 0 Å². The lowest BCUT2D eigenvalue weighted by molar-refractivity contribution is 0.593. The zero-order chi connectivity index (χ0) is 9.90. The van der Waals surface area contributed by atoms with Gasteiger partial charge in [0.1, 0.15) is 11.6 Å². The predicted octanol–water partition coefficient (Wildman–Crippen LogP) is 1.12. The molecule has 0 aliphatic carbocycles. The predicted molar refractivity (Wildman–Crippen MR) is 44.1 cm³/mol. The molecule has 0 spiro atoms. The van der Waals surface area contributed by atoms with Gasteiger partial charge in [0.05, 0.1) is 11.0 Å². The van der Waals surface area contributed by atoms with Crippen LogP contribution in [0.1, 0.15) is 0 Å². The molecule has 0 atom stereocenters. The summed E-state index contributed by atoms with van der Waals surface area (Å²) in [7, 11) is -3.63. The molecular weight excluding hydrogens is 193 g/mol. The van der Waals surface area contributed by atoms with Crippen LogP contribution in [0, 0.1) is 17.1 Å². The molecule has 0 saturated carbocycles. The van der Waals surface area contributed by atoms with E-state index in [9.17, 15) is 12.8 Å². The normalized spacial score (nSPS) is 10.8. The number of nitriles is 1. The third kappa shape index (κ3) is 2.26. The van der Waals surface area contributed by atoms with Crippen LogP contribution in [0.25, 0.3) is 0 Å². The van der Waals surface area contributed by atoms with E-state index < -0.39 is 21.4 Å². The standard InChI is InChI=1S/C8H6FNO2S/c9-7-2-1-3-8(6-7)13(11,12)5-4-10/h1-3,6H,5H2. The van der Waals surface area contributed by atoms with Gasteiger partial charge in [0.15, 0.2) is 9.84 Å². The molecular formula is C8H6FNO2S. The van der Waals surface area contributed by atoms with Crippen LogP contribution in [-0.4, -0.2) is 14.2 Å². The summed E-state index contributed by atoms with van der Waals surface area (Å²) in [6.07, 6.45) is 0. The summed E-state index contributed by atoms with van der Waals surface area (Å²) in [5.74, 6) is -1.25. The SMILES string of the molecule is N#CCS(=O)(=O)c1cccc(F)c1. The fourth-order valence-corrected chi connectivity index (χ4v) is 1.74. The molecule has 0 aromatic heterocycles. The molecule has 0 fully saturated rings. The molecule has 5 heteroatoms. The van der Waals surface area contributed by atoms with Crippen molar-refractivity contribution in [2.45, 2.75) is 4.90 Å². The summed E-state index contributed by atoms with van der Waals surface area (Å²) in [6, 6.07) is 6.11. The van der Waals surface area contributed by atoms with Crippen LogP contribution >= 0.6 is 0 Å². The van der Waals surface area contributed by atoms with Crippen molar-refractivity contribution in [3.8, 4) is 6.07 Å². The van der Waals surface area contributed by atoms with E-state index in [4.69, 9.17) is 5.26 Å². The minimum atomic E-state index is -3.63. The molecule has 68 valence electrons.